The molecule has 1 unspecified atom stereocenters. The van der Waals surface area contributed by atoms with Crippen LogP contribution in [0.5, 0.6) is 11.5 Å². The molecular weight excluding hydrogens is 678 g/mol. The van der Waals surface area contributed by atoms with Gasteiger partial charge in [-0.25, -0.2) is 0 Å². The quantitative estimate of drug-likeness (QED) is 0.181. The number of benzene rings is 7. The second kappa shape index (κ2) is 10.9. The first-order valence-electron chi connectivity index (χ1n) is 18.4. The van der Waals surface area contributed by atoms with Gasteiger partial charge in [0.05, 0.1) is 12.7 Å². The first-order chi connectivity index (χ1) is 25.8. The van der Waals surface area contributed by atoms with E-state index in [2.05, 4.69) is 105 Å². The topological polar surface area (TPSA) is 18.5 Å². The molecular formula is C49H37F3O2. The maximum atomic E-state index is 14.1. The lowest BCUT2D eigenvalue weighted by Crippen LogP contribution is -2.35. The highest BCUT2D eigenvalue weighted by atomic mass is 19.4. The zero-order valence-corrected chi connectivity index (χ0v) is 30.7. The van der Waals surface area contributed by atoms with E-state index in [1.807, 2.05) is 38.1 Å². The summed E-state index contributed by atoms with van der Waals surface area (Å²) in [6, 6.07) is 40.2. The van der Waals surface area contributed by atoms with Crippen molar-refractivity contribution in [3.8, 4) is 33.8 Å². The highest BCUT2D eigenvalue weighted by Crippen LogP contribution is 2.59. The van der Waals surface area contributed by atoms with Crippen molar-refractivity contribution >= 4 is 27.6 Å². The van der Waals surface area contributed by atoms with Gasteiger partial charge in [0.2, 0.25) is 0 Å². The van der Waals surface area contributed by atoms with Gasteiger partial charge in [0.1, 0.15) is 11.5 Å². The van der Waals surface area contributed by atoms with E-state index in [4.69, 9.17) is 9.47 Å². The second-order valence-corrected chi connectivity index (χ2v) is 15.9. The molecule has 0 saturated carbocycles. The molecule has 1 atom stereocenters. The van der Waals surface area contributed by atoms with Crippen molar-refractivity contribution in [2.45, 2.75) is 50.3 Å². The summed E-state index contributed by atoms with van der Waals surface area (Å²) in [4.78, 5) is 0. The van der Waals surface area contributed by atoms with E-state index in [1.54, 1.807) is 13.2 Å². The Bertz CT molecular complexity index is 2770. The van der Waals surface area contributed by atoms with E-state index < -0.39 is 22.8 Å². The molecule has 0 amide bonds. The van der Waals surface area contributed by atoms with Gasteiger partial charge in [-0.3, -0.25) is 0 Å². The van der Waals surface area contributed by atoms with Crippen molar-refractivity contribution in [2.24, 2.45) is 0 Å². The Hall–Kier alpha value is -5.81. The standard InChI is InChI=1S/C49H37F3O2/c1-46(2)39-23-14-28-10-6-7-11-33(28)42(39)36-21-17-30(26-40(36)46)48(29-15-19-32(53-5)20-16-29)25-24-38-44-43(34-12-8-9-13-35(34)45(38)54-48)37-22-18-31(49(50,51)52)27-41(37)47(44,3)4/h6-27H,1-5H3. The summed E-state index contributed by atoms with van der Waals surface area (Å²) >= 11 is 0. The fraction of sp³-hybridized carbons (Fsp3) is 0.184. The van der Waals surface area contributed by atoms with Gasteiger partial charge in [-0.05, 0) is 97.1 Å². The van der Waals surface area contributed by atoms with E-state index in [-0.39, 0.29) is 5.41 Å². The fourth-order valence-electron chi connectivity index (χ4n) is 9.66. The third-order valence-corrected chi connectivity index (χ3v) is 12.4. The number of ether oxygens (including phenoxy) is 2. The van der Waals surface area contributed by atoms with Crippen LogP contribution in [0, 0.1) is 0 Å². The summed E-state index contributed by atoms with van der Waals surface area (Å²) in [6.07, 6.45) is -0.160. The van der Waals surface area contributed by atoms with Crippen molar-refractivity contribution in [2.75, 3.05) is 7.11 Å². The molecule has 5 heteroatoms. The Morgan fingerprint density at radius 1 is 0.593 bits per heavy atom. The smallest absolute Gasteiger partial charge is 0.416 e. The Balaban J connectivity index is 1.22. The summed E-state index contributed by atoms with van der Waals surface area (Å²) in [5, 5.41) is 4.33. The molecule has 3 aliphatic rings. The summed E-state index contributed by atoms with van der Waals surface area (Å²) < 4.78 is 55.3. The summed E-state index contributed by atoms with van der Waals surface area (Å²) in [5.41, 5.74) is 8.63. The zero-order valence-electron chi connectivity index (χ0n) is 30.7. The van der Waals surface area contributed by atoms with Crippen molar-refractivity contribution in [3.05, 3.63) is 172 Å². The number of hydrogen-bond acceptors (Lipinski definition) is 2. The first-order valence-corrected chi connectivity index (χ1v) is 18.4. The van der Waals surface area contributed by atoms with Crippen LogP contribution >= 0.6 is 0 Å². The Kier molecular flexibility index (Phi) is 6.61. The predicted molar refractivity (Wildman–Crippen MR) is 211 cm³/mol. The molecule has 7 aromatic carbocycles. The largest absolute Gasteiger partial charge is 0.497 e. The minimum Gasteiger partial charge on any atom is -0.497 e. The van der Waals surface area contributed by atoms with Crippen LogP contribution < -0.4 is 9.47 Å². The Labute approximate surface area is 312 Å². The molecule has 0 N–H and O–H groups in total. The van der Waals surface area contributed by atoms with E-state index in [0.717, 1.165) is 49.9 Å². The van der Waals surface area contributed by atoms with Crippen LogP contribution in [-0.2, 0) is 22.6 Å². The molecule has 1 aliphatic heterocycles. The normalized spacial score (nSPS) is 18.4. The van der Waals surface area contributed by atoms with Gasteiger partial charge in [0.25, 0.3) is 0 Å². The van der Waals surface area contributed by atoms with Gasteiger partial charge in [0.15, 0.2) is 5.60 Å². The molecule has 266 valence electrons. The molecule has 1 heterocycles. The fourth-order valence-corrected chi connectivity index (χ4v) is 9.66. The lowest BCUT2D eigenvalue weighted by atomic mass is 9.75. The molecule has 0 spiro atoms. The van der Waals surface area contributed by atoms with Gasteiger partial charge in [0, 0.05) is 32.9 Å². The van der Waals surface area contributed by atoms with Gasteiger partial charge < -0.3 is 9.47 Å². The monoisotopic (exact) mass is 714 g/mol. The van der Waals surface area contributed by atoms with Crippen LogP contribution in [0.2, 0.25) is 0 Å². The summed E-state index contributed by atoms with van der Waals surface area (Å²) in [5.74, 6) is 1.46. The third-order valence-electron chi connectivity index (χ3n) is 12.4. The van der Waals surface area contributed by atoms with E-state index >= 15 is 0 Å². The molecule has 0 saturated heterocycles. The molecule has 0 fully saturated rings. The number of fused-ring (bicyclic) bond motifs is 13. The van der Waals surface area contributed by atoms with Gasteiger partial charge in [-0.2, -0.15) is 13.2 Å². The first kappa shape index (κ1) is 32.8. The van der Waals surface area contributed by atoms with Crippen molar-refractivity contribution in [1.82, 2.24) is 0 Å². The van der Waals surface area contributed by atoms with E-state index in [0.29, 0.717) is 11.3 Å². The zero-order chi connectivity index (χ0) is 37.4. The number of alkyl halides is 3. The van der Waals surface area contributed by atoms with Crippen LogP contribution in [0.3, 0.4) is 0 Å². The van der Waals surface area contributed by atoms with Gasteiger partial charge in [-0.1, -0.05) is 125 Å². The number of halogens is 3. The highest BCUT2D eigenvalue weighted by Gasteiger charge is 2.46. The molecule has 2 nitrogen and oxygen atoms in total. The molecule has 0 bridgehead atoms. The van der Waals surface area contributed by atoms with E-state index in [9.17, 15) is 13.2 Å². The number of rotatable bonds is 3. The average molecular weight is 715 g/mol. The lowest BCUT2D eigenvalue weighted by Gasteiger charge is -2.39. The van der Waals surface area contributed by atoms with Crippen molar-refractivity contribution in [3.63, 3.8) is 0 Å². The van der Waals surface area contributed by atoms with E-state index in [1.165, 1.54) is 45.2 Å². The lowest BCUT2D eigenvalue weighted by molar-refractivity contribution is -0.137. The van der Waals surface area contributed by atoms with Crippen LogP contribution in [0.15, 0.2) is 127 Å². The minimum absolute atomic E-state index is 0.263. The average Bonchev–Trinajstić information content (AvgIpc) is 3.56. The number of hydrogen-bond donors (Lipinski definition) is 0. The molecule has 0 aromatic heterocycles. The summed E-state index contributed by atoms with van der Waals surface area (Å²) in [6.45, 7) is 8.64. The van der Waals surface area contributed by atoms with Crippen molar-refractivity contribution in [1.29, 1.82) is 0 Å². The Morgan fingerprint density at radius 3 is 1.98 bits per heavy atom. The van der Waals surface area contributed by atoms with Crippen LogP contribution in [0.1, 0.15) is 72.2 Å². The third kappa shape index (κ3) is 4.30. The highest BCUT2D eigenvalue weighted by molar-refractivity contribution is 6.08. The Morgan fingerprint density at radius 2 is 1.24 bits per heavy atom. The van der Waals surface area contributed by atoms with Crippen LogP contribution in [0.25, 0.3) is 49.9 Å². The second-order valence-electron chi connectivity index (χ2n) is 15.9. The molecule has 54 heavy (non-hydrogen) atoms. The maximum absolute atomic E-state index is 14.1. The molecule has 2 aliphatic carbocycles. The van der Waals surface area contributed by atoms with Crippen molar-refractivity contribution < 1.29 is 22.6 Å². The SMILES string of the molecule is COc1ccc(C2(c3ccc4c(c3)C(C)(C)c3ccc5ccccc5c3-4)C=Cc3c4c(c5ccccc5c3O2)-c2ccc(C(F)(F)F)cc2C4(C)C)cc1. The molecule has 7 aromatic rings. The molecule has 10 rings (SSSR count). The number of methoxy groups -OCH3 is 1. The predicted octanol–water partition coefficient (Wildman–Crippen LogP) is 13.0. The van der Waals surface area contributed by atoms with Gasteiger partial charge >= 0.3 is 6.18 Å². The maximum Gasteiger partial charge on any atom is 0.416 e. The van der Waals surface area contributed by atoms with Crippen LogP contribution in [0.4, 0.5) is 13.2 Å². The molecule has 0 radical (unpaired) electrons. The van der Waals surface area contributed by atoms with Gasteiger partial charge in [-0.15, -0.1) is 0 Å². The van der Waals surface area contributed by atoms with Crippen LogP contribution in [-0.4, -0.2) is 7.11 Å². The minimum atomic E-state index is -4.44. The summed E-state index contributed by atoms with van der Waals surface area (Å²) in [7, 11) is 1.66.